The predicted octanol–water partition coefficient (Wildman–Crippen LogP) is 1.71. The van der Waals surface area contributed by atoms with Crippen molar-refractivity contribution in [3.8, 4) is 0 Å². The number of piperidine rings is 1. The molecule has 2 N–H and O–H groups in total. The van der Waals surface area contributed by atoms with E-state index in [1.807, 2.05) is 0 Å². The van der Waals surface area contributed by atoms with Crippen molar-refractivity contribution in [2.75, 3.05) is 25.0 Å². The second-order valence-electron chi connectivity index (χ2n) is 5.67. The van der Waals surface area contributed by atoms with Gasteiger partial charge in [-0.2, -0.15) is 0 Å². The van der Waals surface area contributed by atoms with Gasteiger partial charge in [0.25, 0.3) is 0 Å². The Morgan fingerprint density at radius 3 is 2.83 bits per heavy atom. The van der Waals surface area contributed by atoms with Crippen LogP contribution >= 0.6 is 0 Å². The number of anilines is 1. The maximum atomic E-state index is 4.77. The quantitative estimate of drug-likeness (QED) is 0.855. The van der Waals surface area contributed by atoms with Gasteiger partial charge in [-0.3, -0.25) is 0 Å². The van der Waals surface area contributed by atoms with Crippen molar-refractivity contribution in [1.82, 2.24) is 14.9 Å². The van der Waals surface area contributed by atoms with Gasteiger partial charge in [-0.05, 0) is 57.5 Å². The van der Waals surface area contributed by atoms with Crippen LogP contribution in [0.5, 0.6) is 0 Å². The monoisotopic (exact) mass is 248 g/mol. The number of nitrogens with one attached hydrogen (secondary N) is 2. The van der Waals surface area contributed by atoms with E-state index in [0.717, 1.165) is 24.8 Å². The summed E-state index contributed by atoms with van der Waals surface area (Å²) in [5.74, 6) is 1.89. The molecule has 1 fully saturated rings. The normalized spacial score (nSPS) is 20.7. The Balaban J connectivity index is 1.63. The van der Waals surface area contributed by atoms with Gasteiger partial charge in [0.15, 0.2) is 0 Å². The van der Waals surface area contributed by atoms with Crippen LogP contribution in [-0.4, -0.2) is 29.2 Å². The first kappa shape index (κ1) is 12.0. The van der Waals surface area contributed by atoms with Crippen LogP contribution in [0, 0.1) is 5.92 Å². The molecule has 3 rings (SSSR count). The van der Waals surface area contributed by atoms with E-state index in [0.29, 0.717) is 0 Å². The number of hydrogen-bond acceptors (Lipinski definition) is 3. The van der Waals surface area contributed by atoms with E-state index in [4.69, 9.17) is 4.98 Å². The SMILES string of the molecule is Cn1c(NCC2CCNCC2)nc2c1CCCC2. The Kier molecular flexibility index (Phi) is 3.55. The third-order valence-corrected chi connectivity index (χ3v) is 4.38. The Bertz CT molecular complexity index is 404. The van der Waals surface area contributed by atoms with Crippen molar-refractivity contribution in [2.24, 2.45) is 13.0 Å². The molecule has 1 saturated heterocycles. The van der Waals surface area contributed by atoms with Crippen LogP contribution in [0.25, 0.3) is 0 Å². The second kappa shape index (κ2) is 5.31. The number of imidazole rings is 1. The molecule has 1 aliphatic carbocycles. The minimum Gasteiger partial charge on any atom is -0.355 e. The number of nitrogens with zero attached hydrogens (tertiary/aromatic N) is 2. The van der Waals surface area contributed by atoms with Crippen molar-refractivity contribution in [2.45, 2.75) is 38.5 Å². The molecule has 0 atom stereocenters. The number of aryl methyl sites for hydroxylation is 1. The lowest BCUT2D eigenvalue weighted by atomic mass is 9.98. The molecule has 0 spiro atoms. The van der Waals surface area contributed by atoms with Gasteiger partial charge >= 0.3 is 0 Å². The fourth-order valence-electron chi connectivity index (χ4n) is 3.17. The third kappa shape index (κ3) is 2.39. The number of rotatable bonds is 3. The molecule has 1 aliphatic heterocycles. The summed E-state index contributed by atoms with van der Waals surface area (Å²) in [5.41, 5.74) is 2.78. The van der Waals surface area contributed by atoms with Gasteiger partial charge in [0.1, 0.15) is 0 Å². The van der Waals surface area contributed by atoms with E-state index in [1.165, 1.54) is 56.6 Å². The van der Waals surface area contributed by atoms with Gasteiger partial charge in [0.2, 0.25) is 5.95 Å². The summed E-state index contributed by atoms with van der Waals surface area (Å²) in [5, 5.41) is 6.98. The van der Waals surface area contributed by atoms with Gasteiger partial charge in [-0.25, -0.2) is 4.98 Å². The molecular weight excluding hydrogens is 224 g/mol. The molecule has 0 amide bonds. The molecule has 0 saturated carbocycles. The highest BCUT2D eigenvalue weighted by molar-refractivity contribution is 5.35. The van der Waals surface area contributed by atoms with Crippen LogP contribution in [0.15, 0.2) is 0 Å². The van der Waals surface area contributed by atoms with E-state index < -0.39 is 0 Å². The van der Waals surface area contributed by atoms with Gasteiger partial charge in [0, 0.05) is 19.3 Å². The van der Waals surface area contributed by atoms with Gasteiger partial charge < -0.3 is 15.2 Å². The van der Waals surface area contributed by atoms with Gasteiger partial charge in [-0.15, -0.1) is 0 Å². The van der Waals surface area contributed by atoms with Gasteiger partial charge in [0.05, 0.1) is 5.69 Å². The molecule has 0 radical (unpaired) electrons. The van der Waals surface area contributed by atoms with Crippen LogP contribution in [-0.2, 0) is 19.9 Å². The second-order valence-corrected chi connectivity index (χ2v) is 5.67. The smallest absolute Gasteiger partial charge is 0.203 e. The Hall–Kier alpha value is -1.03. The van der Waals surface area contributed by atoms with Crippen molar-refractivity contribution in [3.63, 3.8) is 0 Å². The molecule has 2 heterocycles. The maximum Gasteiger partial charge on any atom is 0.203 e. The highest BCUT2D eigenvalue weighted by Gasteiger charge is 2.19. The number of hydrogen-bond donors (Lipinski definition) is 2. The van der Waals surface area contributed by atoms with Crippen molar-refractivity contribution in [3.05, 3.63) is 11.4 Å². The molecule has 4 nitrogen and oxygen atoms in total. The highest BCUT2D eigenvalue weighted by Crippen LogP contribution is 2.23. The van der Waals surface area contributed by atoms with Crippen LogP contribution < -0.4 is 10.6 Å². The minimum absolute atomic E-state index is 0.806. The molecule has 2 aliphatic rings. The number of aromatic nitrogens is 2. The molecule has 0 bridgehead atoms. The summed E-state index contributed by atoms with van der Waals surface area (Å²) in [7, 11) is 2.15. The lowest BCUT2D eigenvalue weighted by Gasteiger charge is -2.23. The lowest BCUT2D eigenvalue weighted by Crippen LogP contribution is -2.31. The fourth-order valence-corrected chi connectivity index (χ4v) is 3.17. The van der Waals surface area contributed by atoms with E-state index >= 15 is 0 Å². The third-order valence-electron chi connectivity index (χ3n) is 4.38. The van der Waals surface area contributed by atoms with Crippen molar-refractivity contribution in [1.29, 1.82) is 0 Å². The Labute approximate surface area is 109 Å². The number of fused-ring (bicyclic) bond motifs is 1. The standard InChI is InChI=1S/C14H24N4/c1-18-13-5-3-2-4-12(13)17-14(18)16-10-11-6-8-15-9-7-11/h11,15H,2-10H2,1H3,(H,16,17). The van der Waals surface area contributed by atoms with E-state index in [1.54, 1.807) is 0 Å². The molecule has 1 aromatic heterocycles. The maximum absolute atomic E-state index is 4.77. The molecule has 100 valence electrons. The zero-order valence-corrected chi connectivity index (χ0v) is 11.3. The van der Waals surface area contributed by atoms with Crippen LogP contribution in [0.2, 0.25) is 0 Å². The average Bonchev–Trinajstić information content (AvgIpc) is 2.75. The summed E-state index contributed by atoms with van der Waals surface area (Å²) in [6, 6.07) is 0. The molecular formula is C14H24N4. The van der Waals surface area contributed by atoms with Gasteiger partial charge in [-0.1, -0.05) is 0 Å². The summed E-state index contributed by atoms with van der Waals surface area (Å²) in [6.45, 7) is 3.41. The molecule has 4 heteroatoms. The van der Waals surface area contributed by atoms with Crippen LogP contribution in [0.3, 0.4) is 0 Å². The Morgan fingerprint density at radius 2 is 2.06 bits per heavy atom. The van der Waals surface area contributed by atoms with E-state index in [-0.39, 0.29) is 0 Å². The molecule has 0 unspecified atom stereocenters. The summed E-state index contributed by atoms with van der Waals surface area (Å²) < 4.78 is 2.27. The fraction of sp³-hybridized carbons (Fsp3) is 0.786. The lowest BCUT2D eigenvalue weighted by molar-refractivity contribution is 0.389. The summed E-state index contributed by atoms with van der Waals surface area (Å²) in [6.07, 6.45) is 7.57. The first-order chi connectivity index (χ1) is 8.84. The van der Waals surface area contributed by atoms with E-state index in [9.17, 15) is 0 Å². The molecule has 1 aromatic rings. The zero-order chi connectivity index (χ0) is 12.4. The largest absolute Gasteiger partial charge is 0.355 e. The first-order valence-corrected chi connectivity index (χ1v) is 7.33. The average molecular weight is 248 g/mol. The summed E-state index contributed by atoms with van der Waals surface area (Å²) >= 11 is 0. The highest BCUT2D eigenvalue weighted by atomic mass is 15.2. The van der Waals surface area contributed by atoms with Crippen molar-refractivity contribution >= 4 is 5.95 Å². The zero-order valence-electron chi connectivity index (χ0n) is 11.3. The summed E-state index contributed by atoms with van der Waals surface area (Å²) in [4.78, 5) is 4.77. The van der Waals surface area contributed by atoms with Crippen molar-refractivity contribution < 1.29 is 0 Å². The topological polar surface area (TPSA) is 41.9 Å². The van der Waals surface area contributed by atoms with Crippen LogP contribution in [0.4, 0.5) is 5.95 Å². The molecule has 0 aromatic carbocycles. The first-order valence-electron chi connectivity index (χ1n) is 7.33. The molecule has 18 heavy (non-hydrogen) atoms. The Morgan fingerprint density at radius 1 is 1.28 bits per heavy atom. The minimum atomic E-state index is 0.806. The predicted molar refractivity (Wildman–Crippen MR) is 73.9 cm³/mol. The van der Waals surface area contributed by atoms with E-state index in [2.05, 4.69) is 22.2 Å². The van der Waals surface area contributed by atoms with Crippen LogP contribution in [0.1, 0.15) is 37.1 Å².